The third-order valence-electron chi connectivity index (χ3n) is 12.9. The van der Waals surface area contributed by atoms with Crippen LogP contribution in [0.1, 0.15) is 232 Å². The predicted molar refractivity (Wildman–Crippen MR) is 329 cm³/mol. The molecule has 0 radical (unpaired) electrons. The molecule has 434 valence electrons. The maximum absolute atomic E-state index is 13.0. The van der Waals surface area contributed by atoms with Crippen molar-refractivity contribution in [1.82, 2.24) is 5.32 Å². The largest absolute Gasteiger partial charge is 0.756 e. The summed E-state index contributed by atoms with van der Waals surface area (Å²) in [5.74, 6) is -0.181. The lowest BCUT2D eigenvalue weighted by molar-refractivity contribution is -0.870. The van der Waals surface area contributed by atoms with Crippen molar-refractivity contribution in [3.05, 3.63) is 134 Å². The van der Waals surface area contributed by atoms with Gasteiger partial charge in [0.1, 0.15) is 13.2 Å². The van der Waals surface area contributed by atoms with Crippen LogP contribution in [0.5, 0.6) is 0 Å². The van der Waals surface area contributed by atoms with E-state index in [1.54, 1.807) is 0 Å². The van der Waals surface area contributed by atoms with Crippen molar-refractivity contribution < 1.29 is 32.9 Å². The van der Waals surface area contributed by atoms with Crippen LogP contribution in [0, 0.1) is 0 Å². The number of carbonyl (C=O) groups excluding carboxylic acids is 1. The molecule has 2 N–H and O–H groups in total. The molecule has 0 aliphatic rings. The standard InChI is InChI=1S/C67H115N2O6P/c1-6-8-10-12-14-16-18-20-21-22-23-24-25-26-27-28-29-30-31-32-33-34-35-36-37-38-39-40-41-42-43-44-45-46-47-49-51-53-55-57-59-61-67(71)68-65(64-75-76(72,73)74-63-62-69(3,4)5)66(70)60-58-56-54-52-50-48-19-17-15-13-11-9-7-2/h8,10,14,16,20-21,23-24,26-27,29-30,32-33,35-36,38-39,41-42,44-45,65-66,70H,6-7,9,11-13,15,17-19,22,25,28,31,34,37,40,43,46-64H2,1-5H3,(H-,68,71,72,73)/b10-8-,16-14-,21-20-,24-23-,27-26-,30-29-,33-32-,36-35-,39-38-,42-41-,45-44-. The lowest BCUT2D eigenvalue weighted by Crippen LogP contribution is -2.46. The van der Waals surface area contributed by atoms with Crippen LogP contribution < -0.4 is 10.2 Å². The summed E-state index contributed by atoms with van der Waals surface area (Å²) in [5, 5.41) is 14.0. The number of phosphoric acid groups is 1. The van der Waals surface area contributed by atoms with Crippen molar-refractivity contribution in [2.24, 2.45) is 0 Å². The van der Waals surface area contributed by atoms with Crippen LogP contribution in [0.2, 0.25) is 0 Å². The highest BCUT2D eigenvalue weighted by Crippen LogP contribution is 2.38. The van der Waals surface area contributed by atoms with Crippen LogP contribution in [-0.2, 0) is 18.4 Å². The number of nitrogens with one attached hydrogen (secondary N) is 1. The number of quaternary nitrogens is 1. The number of amides is 1. The molecule has 0 fully saturated rings. The van der Waals surface area contributed by atoms with E-state index in [4.69, 9.17) is 9.05 Å². The Labute approximate surface area is 468 Å². The van der Waals surface area contributed by atoms with Gasteiger partial charge in [-0.05, 0) is 96.3 Å². The highest BCUT2D eigenvalue weighted by molar-refractivity contribution is 7.45. The molecule has 0 aromatic heterocycles. The zero-order valence-corrected chi connectivity index (χ0v) is 50.3. The number of allylic oxidation sites excluding steroid dienone is 22. The molecule has 8 nitrogen and oxygen atoms in total. The minimum absolute atomic E-state index is 0.00358. The summed E-state index contributed by atoms with van der Waals surface area (Å²) in [6, 6.07) is -0.815. The van der Waals surface area contributed by atoms with Gasteiger partial charge in [0.15, 0.2) is 0 Å². The van der Waals surface area contributed by atoms with Crippen molar-refractivity contribution in [3.63, 3.8) is 0 Å². The van der Waals surface area contributed by atoms with E-state index in [0.717, 1.165) is 122 Å². The van der Waals surface area contributed by atoms with Crippen molar-refractivity contribution in [3.8, 4) is 0 Å². The first-order valence-electron chi connectivity index (χ1n) is 30.5. The molecule has 0 rings (SSSR count). The Morgan fingerprint density at radius 3 is 1.17 bits per heavy atom. The van der Waals surface area contributed by atoms with Gasteiger partial charge in [-0.15, -0.1) is 0 Å². The van der Waals surface area contributed by atoms with E-state index in [0.29, 0.717) is 23.9 Å². The summed E-state index contributed by atoms with van der Waals surface area (Å²) in [7, 11) is 1.28. The van der Waals surface area contributed by atoms with Gasteiger partial charge in [0, 0.05) is 6.42 Å². The van der Waals surface area contributed by atoms with Gasteiger partial charge in [-0.3, -0.25) is 9.36 Å². The fraction of sp³-hybridized carbons (Fsp3) is 0.657. The molecule has 0 saturated carbocycles. The van der Waals surface area contributed by atoms with Crippen LogP contribution in [-0.4, -0.2) is 68.5 Å². The molecule has 1 amide bonds. The second-order valence-electron chi connectivity index (χ2n) is 21.3. The fourth-order valence-electron chi connectivity index (χ4n) is 8.16. The number of aliphatic hydroxyl groups is 1. The van der Waals surface area contributed by atoms with Gasteiger partial charge in [-0.25, -0.2) is 0 Å². The van der Waals surface area contributed by atoms with E-state index in [-0.39, 0.29) is 19.1 Å². The minimum atomic E-state index is -4.58. The summed E-state index contributed by atoms with van der Waals surface area (Å²) in [6.45, 7) is 4.58. The molecule has 9 heteroatoms. The fourth-order valence-corrected chi connectivity index (χ4v) is 8.88. The van der Waals surface area contributed by atoms with E-state index in [9.17, 15) is 19.4 Å². The summed E-state index contributed by atoms with van der Waals surface area (Å²) >= 11 is 0. The van der Waals surface area contributed by atoms with Gasteiger partial charge in [0.25, 0.3) is 7.82 Å². The first-order valence-corrected chi connectivity index (χ1v) is 32.0. The summed E-state index contributed by atoms with van der Waals surface area (Å²) in [5.41, 5.74) is 0. The van der Waals surface area contributed by atoms with Crippen LogP contribution in [0.25, 0.3) is 0 Å². The van der Waals surface area contributed by atoms with E-state index >= 15 is 0 Å². The topological polar surface area (TPSA) is 108 Å². The van der Waals surface area contributed by atoms with Crippen molar-refractivity contribution in [2.75, 3.05) is 40.9 Å². The first-order chi connectivity index (χ1) is 37.0. The Morgan fingerprint density at radius 1 is 0.474 bits per heavy atom. The number of unbranched alkanes of at least 4 members (excludes halogenated alkanes) is 19. The van der Waals surface area contributed by atoms with Gasteiger partial charge in [0.05, 0.1) is 39.9 Å². The van der Waals surface area contributed by atoms with E-state index in [1.807, 2.05) is 21.1 Å². The van der Waals surface area contributed by atoms with Gasteiger partial charge in [-0.1, -0.05) is 263 Å². The Bertz CT molecular complexity index is 1700. The summed E-state index contributed by atoms with van der Waals surface area (Å²) in [4.78, 5) is 25.5. The van der Waals surface area contributed by atoms with E-state index < -0.39 is 20.0 Å². The third-order valence-corrected chi connectivity index (χ3v) is 13.9. The van der Waals surface area contributed by atoms with Crippen molar-refractivity contribution in [2.45, 2.75) is 244 Å². The molecule has 0 aromatic rings. The molecule has 3 atom stereocenters. The average molecular weight is 1080 g/mol. The summed E-state index contributed by atoms with van der Waals surface area (Å²) < 4.78 is 23.4. The SMILES string of the molecule is CC/C=C\C/C=C\C/C=C\C/C=C\C/C=C\C/C=C\C/C=C\C/C=C\C/C=C\C/C=C\C/C=C\CCCCCCCCCC(=O)NC(COP(=O)([O-])OCC[N+](C)(C)C)C(O)CCCCCCCCCCCCCCC. The zero-order chi connectivity index (χ0) is 55.6. The molecule has 3 unspecified atom stereocenters. The molecule has 0 heterocycles. The van der Waals surface area contributed by atoms with E-state index in [1.165, 1.54) is 83.5 Å². The number of hydrogen-bond donors (Lipinski definition) is 2. The number of rotatable bonds is 54. The molecule has 0 aromatic carbocycles. The Hall–Kier alpha value is -3.36. The second-order valence-corrected chi connectivity index (χ2v) is 22.7. The maximum atomic E-state index is 13.0. The smallest absolute Gasteiger partial charge is 0.268 e. The van der Waals surface area contributed by atoms with Crippen molar-refractivity contribution in [1.29, 1.82) is 0 Å². The molecule has 0 aliphatic carbocycles. The van der Waals surface area contributed by atoms with Crippen LogP contribution in [0.3, 0.4) is 0 Å². The Morgan fingerprint density at radius 2 is 0.803 bits per heavy atom. The monoisotopic (exact) mass is 1070 g/mol. The Kier molecular flexibility index (Phi) is 53.9. The molecular formula is C67H115N2O6P. The number of hydrogen-bond acceptors (Lipinski definition) is 6. The molecule has 76 heavy (non-hydrogen) atoms. The predicted octanol–water partition coefficient (Wildman–Crippen LogP) is 18.5. The zero-order valence-electron chi connectivity index (χ0n) is 49.4. The van der Waals surface area contributed by atoms with Gasteiger partial charge >= 0.3 is 0 Å². The number of likely N-dealkylation sites (N-methyl/N-ethyl adjacent to an activating group) is 1. The lowest BCUT2D eigenvalue weighted by Gasteiger charge is -2.30. The van der Waals surface area contributed by atoms with Gasteiger partial charge < -0.3 is 28.8 Å². The van der Waals surface area contributed by atoms with E-state index in [2.05, 4.69) is 153 Å². The Balaban J connectivity index is 4.10. The molecular weight excluding hydrogens is 960 g/mol. The molecule has 0 spiro atoms. The number of carbonyl (C=O) groups is 1. The van der Waals surface area contributed by atoms with Crippen LogP contribution in [0.15, 0.2) is 134 Å². The number of nitrogens with zero attached hydrogens (tertiary/aromatic N) is 1. The minimum Gasteiger partial charge on any atom is -0.756 e. The quantitative estimate of drug-likeness (QED) is 0.0272. The second kappa shape index (κ2) is 56.4. The third kappa shape index (κ3) is 58.3. The number of aliphatic hydroxyl groups excluding tert-OH is 1. The lowest BCUT2D eigenvalue weighted by atomic mass is 10.0. The first kappa shape index (κ1) is 72.6. The number of phosphoric ester groups is 1. The van der Waals surface area contributed by atoms with Crippen LogP contribution >= 0.6 is 7.82 Å². The summed E-state index contributed by atoms with van der Waals surface area (Å²) in [6.07, 6.45) is 84.9. The highest BCUT2D eigenvalue weighted by Gasteiger charge is 2.24. The van der Waals surface area contributed by atoms with Crippen molar-refractivity contribution >= 4 is 13.7 Å². The molecule has 0 aliphatic heterocycles. The maximum Gasteiger partial charge on any atom is 0.268 e. The highest BCUT2D eigenvalue weighted by atomic mass is 31.2. The van der Waals surface area contributed by atoms with Gasteiger partial charge in [-0.2, -0.15) is 0 Å². The van der Waals surface area contributed by atoms with Gasteiger partial charge in [0.2, 0.25) is 5.91 Å². The van der Waals surface area contributed by atoms with Crippen LogP contribution in [0.4, 0.5) is 0 Å². The average Bonchev–Trinajstić information content (AvgIpc) is 3.38. The normalized spacial score (nSPS) is 14.8. The molecule has 0 bridgehead atoms. The molecule has 0 saturated heterocycles.